The van der Waals surface area contributed by atoms with Gasteiger partial charge in [0.15, 0.2) is 0 Å². The number of anilines is 1. The maximum Gasteiger partial charge on any atom is 0.253 e. The first-order valence-electron chi connectivity index (χ1n) is 8.61. The van der Waals surface area contributed by atoms with E-state index in [1.54, 1.807) is 0 Å². The summed E-state index contributed by atoms with van der Waals surface area (Å²) in [7, 11) is 0. The molecule has 0 spiro atoms. The highest BCUT2D eigenvalue weighted by Gasteiger charge is 2.24. The monoisotopic (exact) mass is 334 g/mol. The molecule has 1 atom stereocenters. The number of rotatable bonds is 3. The number of amides is 1. The lowest BCUT2D eigenvalue weighted by Gasteiger charge is -2.33. The minimum Gasteiger partial charge on any atom is -0.393 e. The standard InChI is InChI=1S/C18H26N2O2S/c1-2-17-13-20(11-12-23-17)18(22)14-3-5-15(6-4-14)19-9-7-16(21)8-10-19/h3-6,16-17,21H,2,7-13H2,1H3/t17-/m0/s1. The topological polar surface area (TPSA) is 43.8 Å². The van der Waals surface area contributed by atoms with Crippen LogP contribution in [0.4, 0.5) is 5.69 Å². The summed E-state index contributed by atoms with van der Waals surface area (Å²) in [5.74, 6) is 1.20. The van der Waals surface area contributed by atoms with Gasteiger partial charge in [-0.2, -0.15) is 11.8 Å². The molecule has 0 saturated carbocycles. The number of carbonyl (C=O) groups excluding carboxylic acids is 1. The van der Waals surface area contributed by atoms with Crippen LogP contribution in [0.3, 0.4) is 0 Å². The zero-order valence-electron chi connectivity index (χ0n) is 13.8. The molecule has 1 aromatic rings. The van der Waals surface area contributed by atoms with Gasteiger partial charge in [0.1, 0.15) is 0 Å². The van der Waals surface area contributed by atoms with Crippen molar-refractivity contribution in [2.75, 3.05) is 36.8 Å². The molecule has 2 aliphatic heterocycles. The number of aliphatic hydroxyl groups excluding tert-OH is 1. The largest absolute Gasteiger partial charge is 0.393 e. The average molecular weight is 334 g/mol. The number of piperidine rings is 1. The second kappa shape index (κ2) is 7.58. The lowest BCUT2D eigenvalue weighted by molar-refractivity contribution is 0.0761. The van der Waals surface area contributed by atoms with Crippen molar-refractivity contribution in [2.24, 2.45) is 0 Å². The lowest BCUT2D eigenvalue weighted by atomic mass is 10.1. The molecule has 3 rings (SSSR count). The molecule has 2 saturated heterocycles. The SMILES string of the molecule is CC[C@H]1CN(C(=O)c2ccc(N3CCC(O)CC3)cc2)CCS1. The Morgan fingerprint density at radius 2 is 1.91 bits per heavy atom. The van der Waals surface area contributed by atoms with E-state index in [9.17, 15) is 9.90 Å². The zero-order chi connectivity index (χ0) is 16.2. The second-order valence-electron chi connectivity index (χ2n) is 6.42. The van der Waals surface area contributed by atoms with Crippen molar-refractivity contribution < 1.29 is 9.90 Å². The molecule has 126 valence electrons. The van der Waals surface area contributed by atoms with Crippen LogP contribution in [-0.4, -0.2) is 59.2 Å². The van der Waals surface area contributed by atoms with Gasteiger partial charge in [-0.15, -0.1) is 0 Å². The van der Waals surface area contributed by atoms with Crippen LogP contribution in [0.1, 0.15) is 36.5 Å². The van der Waals surface area contributed by atoms with Gasteiger partial charge < -0.3 is 14.9 Å². The van der Waals surface area contributed by atoms with Crippen LogP contribution in [0, 0.1) is 0 Å². The summed E-state index contributed by atoms with van der Waals surface area (Å²) in [5, 5.41) is 10.2. The molecule has 2 heterocycles. The average Bonchev–Trinajstić information content (AvgIpc) is 2.62. The fraction of sp³-hybridized carbons (Fsp3) is 0.611. The van der Waals surface area contributed by atoms with E-state index in [0.29, 0.717) is 5.25 Å². The Kier molecular flexibility index (Phi) is 5.49. The van der Waals surface area contributed by atoms with E-state index in [4.69, 9.17) is 0 Å². The Morgan fingerprint density at radius 1 is 1.22 bits per heavy atom. The van der Waals surface area contributed by atoms with Crippen LogP contribution in [0.5, 0.6) is 0 Å². The van der Waals surface area contributed by atoms with Crippen molar-refractivity contribution >= 4 is 23.4 Å². The van der Waals surface area contributed by atoms with Gasteiger partial charge in [-0.05, 0) is 43.5 Å². The van der Waals surface area contributed by atoms with Gasteiger partial charge in [0, 0.05) is 48.4 Å². The first-order chi connectivity index (χ1) is 11.2. The molecule has 0 aromatic heterocycles. The maximum atomic E-state index is 12.7. The highest BCUT2D eigenvalue weighted by molar-refractivity contribution is 8.00. The highest BCUT2D eigenvalue weighted by atomic mass is 32.2. The first kappa shape index (κ1) is 16.7. The van der Waals surface area contributed by atoms with E-state index < -0.39 is 0 Å². The molecular formula is C18H26N2O2S. The maximum absolute atomic E-state index is 12.7. The molecule has 0 radical (unpaired) electrons. The summed E-state index contributed by atoms with van der Waals surface area (Å²) in [6.07, 6.45) is 2.61. The van der Waals surface area contributed by atoms with Gasteiger partial charge in [0.25, 0.3) is 5.91 Å². The quantitative estimate of drug-likeness (QED) is 0.923. The van der Waals surface area contributed by atoms with Gasteiger partial charge >= 0.3 is 0 Å². The van der Waals surface area contributed by atoms with Crippen molar-refractivity contribution in [3.63, 3.8) is 0 Å². The predicted octanol–water partition coefficient (Wildman–Crippen LogP) is 2.62. The molecule has 1 aromatic carbocycles. The molecule has 0 bridgehead atoms. The first-order valence-corrected chi connectivity index (χ1v) is 9.66. The number of hydrogen-bond donors (Lipinski definition) is 1. The van der Waals surface area contributed by atoms with Gasteiger partial charge in [-0.25, -0.2) is 0 Å². The Balaban J connectivity index is 1.63. The van der Waals surface area contributed by atoms with Crippen molar-refractivity contribution in [1.82, 2.24) is 4.90 Å². The predicted molar refractivity (Wildman–Crippen MR) is 96.3 cm³/mol. The summed E-state index contributed by atoms with van der Waals surface area (Å²) < 4.78 is 0. The van der Waals surface area contributed by atoms with Gasteiger partial charge in [0.05, 0.1) is 6.10 Å². The molecule has 1 amide bonds. The molecule has 0 aliphatic carbocycles. The van der Waals surface area contributed by atoms with Crippen LogP contribution >= 0.6 is 11.8 Å². The lowest BCUT2D eigenvalue weighted by Crippen LogP contribution is -2.41. The van der Waals surface area contributed by atoms with Crippen LogP contribution < -0.4 is 4.90 Å². The van der Waals surface area contributed by atoms with Crippen LogP contribution in [-0.2, 0) is 0 Å². The molecule has 4 nitrogen and oxygen atoms in total. The minimum atomic E-state index is -0.157. The fourth-order valence-corrected chi connectivity index (χ4v) is 4.45. The molecule has 5 heteroatoms. The summed E-state index contributed by atoms with van der Waals surface area (Å²) >= 11 is 1.98. The number of thioether (sulfide) groups is 1. The fourth-order valence-electron chi connectivity index (χ4n) is 3.27. The Hall–Kier alpha value is -1.20. The van der Waals surface area contributed by atoms with Gasteiger partial charge in [0.2, 0.25) is 0 Å². The minimum absolute atomic E-state index is 0.157. The molecule has 0 unspecified atom stereocenters. The van der Waals surface area contributed by atoms with Crippen molar-refractivity contribution in [3.8, 4) is 0 Å². The highest BCUT2D eigenvalue weighted by Crippen LogP contribution is 2.24. The summed E-state index contributed by atoms with van der Waals surface area (Å²) in [6, 6.07) is 7.98. The van der Waals surface area contributed by atoms with Crippen LogP contribution in [0.25, 0.3) is 0 Å². The Bertz CT molecular complexity index is 526. The van der Waals surface area contributed by atoms with E-state index in [0.717, 1.165) is 62.4 Å². The molecule has 2 fully saturated rings. The molecular weight excluding hydrogens is 308 g/mol. The number of nitrogens with zero attached hydrogens (tertiary/aromatic N) is 2. The number of hydrogen-bond acceptors (Lipinski definition) is 4. The van der Waals surface area contributed by atoms with E-state index >= 15 is 0 Å². The number of aliphatic hydroxyl groups is 1. The summed E-state index contributed by atoms with van der Waals surface area (Å²) in [4.78, 5) is 16.9. The zero-order valence-corrected chi connectivity index (χ0v) is 14.6. The van der Waals surface area contributed by atoms with Gasteiger partial charge in [-0.1, -0.05) is 6.92 Å². The summed E-state index contributed by atoms with van der Waals surface area (Å²) in [5.41, 5.74) is 1.93. The van der Waals surface area contributed by atoms with E-state index in [1.807, 2.05) is 40.9 Å². The number of benzene rings is 1. The van der Waals surface area contributed by atoms with Crippen molar-refractivity contribution in [1.29, 1.82) is 0 Å². The van der Waals surface area contributed by atoms with Gasteiger partial charge in [-0.3, -0.25) is 4.79 Å². The third kappa shape index (κ3) is 4.01. The van der Waals surface area contributed by atoms with Crippen LogP contribution in [0.2, 0.25) is 0 Å². The molecule has 1 N–H and O–H groups in total. The third-order valence-electron chi connectivity index (χ3n) is 4.83. The Morgan fingerprint density at radius 3 is 2.57 bits per heavy atom. The second-order valence-corrected chi connectivity index (χ2v) is 7.83. The number of carbonyl (C=O) groups is 1. The summed E-state index contributed by atoms with van der Waals surface area (Å²) in [6.45, 7) is 5.68. The smallest absolute Gasteiger partial charge is 0.253 e. The van der Waals surface area contributed by atoms with Crippen molar-refractivity contribution in [3.05, 3.63) is 29.8 Å². The third-order valence-corrected chi connectivity index (χ3v) is 6.20. The van der Waals surface area contributed by atoms with E-state index in [-0.39, 0.29) is 12.0 Å². The van der Waals surface area contributed by atoms with Crippen LogP contribution in [0.15, 0.2) is 24.3 Å². The Labute approximate surface area is 142 Å². The molecule has 23 heavy (non-hydrogen) atoms. The van der Waals surface area contributed by atoms with E-state index in [2.05, 4.69) is 11.8 Å². The van der Waals surface area contributed by atoms with E-state index in [1.165, 1.54) is 0 Å². The molecule has 2 aliphatic rings. The normalized spacial score (nSPS) is 23.1. The van der Waals surface area contributed by atoms with Crippen molar-refractivity contribution in [2.45, 2.75) is 37.5 Å².